The van der Waals surface area contributed by atoms with Crippen LogP contribution in [-0.2, 0) is 4.74 Å². The largest absolute Gasteiger partial charge is 0.372 e. The Morgan fingerprint density at radius 2 is 2.21 bits per heavy atom. The Balaban J connectivity index is 2.09. The number of nitrogens with one attached hydrogen (secondary N) is 1. The molecule has 1 saturated heterocycles. The van der Waals surface area contributed by atoms with Crippen molar-refractivity contribution >= 4 is 0 Å². The highest BCUT2D eigenvalue weighted by molar-refractivity contribution is 4.80. The summed E-state index contributed by atoms with van der Waals surface area (Å²) >= 11 is 0. The Bertz CT molecular complexity index is 168. The van der Waals surface area contributed by atoms with E-state index in [9.17, 15) is 0 Å². The molecule has 0 spiro atoms. The molecular formula is C12H25NO. The number of rotatable bonds is 5. The minimum Gasteiger partial charge on any atom is -0.372 e. The van der Waals surface area contributed by atoms with Crippen molar-refractivity contribution in [3.8, 4) is 0 Å². The van der Waals surface area contributed by atoms with Gasteiger partial charge in [-0.2, -0.15) is 0 Å². The number of hydrogen-bond donors (Lipinski definition) is 1. The molecule has 0 radical (unpaired) electrons. The molecule has 2 atom stereocenters. The Kier molecular flexibility index (Phi) is 4.39. The van der Waals surface area contributed by atoms with Crippen molar-refractivity contribution in [2.24, 2.45) is 0 Å². The molecule has 0 saturated carbocycles. The number of ether oxygens (including phenoxy) is 1. The average Bonchev–Trinajstić information content (AvgIpc) is 2.45. The van der Waals surface area contributed by atoms with Crippen LogP contribution in [0.25, 0.3) is 0 Å². The summed E-state index contributed by atoms with van der Waals surface area (Å²) in [5.41, 5.74) is 0.138. The molecule has 14 heavy (non-hydrogen) atoms. The fourth-order valence-electron chi connectivity index (χ4n) is 2.08. The molecule has 1 aliphatic rings. The summed E-state index contributed by atoms with van der Waals surface area (Å²) in [6, 6.07) is 0.643. The lowest BCUT2D eigenvalue weighted by Crippen LogP contribution is -2.22. The third-order valence-corrected chi connectivity index (χ3v) is 3.21. The van der Waals surface area contributed by atoms with Crippen LogP contribution >= 0.6 is 0 Å². The second-order valence-corrected chi connectivity index (χ2v) is 5.16. The van der Waals surface area contributed by atoms with Crippen LogP contribution in [0.15, 0.2) is 0 Å². The topological polar surface area (TPSA) is 21.3 Å². The molecule has 2 unspecified atom stereocenters. The van der Waals surface area contributed by atoms with Gasteiger partial charge in [-0.15, -0.1) is 0 Å². The minimum absolute atomic E-state index is 0.138. The van der Waals surface area contributed by atoms with E-state index in [1.807, 2.05) is 7.05 Å². The normalized spacial score (nSPS) is 27.9. The van der Waals surface area contributed by atoms with Crippen molar-refractivity contribution in [2.75, 3.05) is 7.05 Å². The lowest BCUT2D eigenvalue weighted by molar-refractivity contribution is -0.0192. The third-order valence-electron chi connectivity index (χ3n) is 3.21. The summed E-state index contributed by atoms with van der Waals surface area (Å²) in [5, 5.41) is 3.27. The van der Waals surface area contributed by atoms with Crippen LogP contribution in [0.5, 0.6) is 0 Å². The fourth-order valence-corrected chi connectivity index (χ4v) is 2.08. The SMILES string of the molecule is CNC(C)CCCC1CCC(C)(C)O1. The first kappa shape index (κ1) is 12.0. The quantitative estimate of drug-likeness (QED) is 0.735. The first-order valence-corrected chi connectivity index (χ1v) is 5.88. The van der Waals surface area contributed by atoms with Gasteiger partial charge in [-0.25, -0.2) is 0 Å². The van der Waals surface area contributed by atoms with Crippen molar-refractivity contribution < 1.29 is 4.74 Å². The van der Waals surface area contributed by atoms with E-state index in [-0.39, 0.29) is 5.60 Å². The zero-order chi connectivity index (χ0) is 10.6. The van der Waals surface area contributed by atoms with Crippen LogP contribution in [0.2, 0.25) is 0 Å². The molecule has 84 valence electrons. The monoisotopic (exact) mass is 199 g/mol. The van der Waals surface area contributed by atoms with Crippen LogP contribution in [0.1, 0.15) is 52.9 Å². The van der Waals surface area contributed by atoms with Crippen LogP contribution in [0.4, 0.5) is 0 Å². The van der Waals surface area contributed by atoms with Gasteiger partial charge in [-0.3, -0.25) is 0 Å². The lowest BCUT2D eigenvalue weighted by atomic mass is 10.0. The predicted octanol–water partition coefficient (Wildman–Crippen LogP) is 2.72. The maximum absolute atomic E-state index is 5.94. The van der Waals surface area contributed by atoms with Crippen molar-refractivity contribution in [1.29, 1.82) is 0 Å². The highest BCUT2D eigenvalue weighted by atomic mass is 16.5. The van der Waals surface area contributed by atoms with E-state index in [4.69, 9.17) is 4.74 Å². The van der Waals surface area contributed by atoms with Crippen LogP contribution < -0.4 is 5.32 Å². The Hall–Kier alpha value is -0.0800. The maximum atomic E-state index is 5.94. The van der Waals surface area contributed by atoms with Gasteiger partial charge in [0.1, 0.15) is 0 Å². The number of hydrogen-bond acceptors (Lipinski definition) is 2. The van der Waals surface area contributed by atoms with E-state index in [0.29, 0.717) is 12.1 Å². The van der Waals surface area contributed by atoms with E-state index < -0.39 is 0 Å². The van der Waals surface area contributed by atoms with Gasteiger partial charge in [-0.1, -0.05) is 0 Å². The second-order valence-electron chi connectivity index (χ2n) is 5.16. The van der Waals surface area contributed by atoms with Crippen molar-refractivity contribution in [3.05, 3.63) is 0 Å². The highest BCUT2D eigenvalue weighted by Crippen LogP contribution is 2.31. The van der Waals surface area contributed by atoms with Gasteiger partial charge in [0.15, 0.2) is 0 Å². The Morgan fingerprint density at radius 3 is 2.71 bits per heavy atom. The van der Waals surface area contributed by atoms with Gasteiger partial charge in [0.2, 0.25) is 0 Å². The summed E-state index contributed by atoms with van der Waals surface area (Å²) in [4.78, 5) is 0. The van der Waals surface area contributed by atoms with Crippen molar-refractivity contribution in [2.45, 2.75) is 70.6 Å². The molecule has 1 aliphatic heterocycles. The van der Waals surface area contributed by atoms with Crippen LogP contribution in [0, 0.1) is 0 Å². The molecule has 2 heteroatoms. The van der Waals surface area contributed by atoms with Gasteiger partial charge >= 0.3 is 0 Å². The Morgan fingerprint density at radius 1 is 1.50 bits per heavy atom. The second kappa shape index (κ2) is 5.13. The van der Waals surface area contributed by atoms with Gasteiger partial charge in [0.05, 0.1) is 11.7 Å². The summed E-state index contributed by atoms with van der Waals surface area (Å²) in [6.07, 6.45) is 6.77. The van der Waals surface area contributed by atoms with Crippen molar-refractivity contribution in [1.82, 2.24) is 5.32 Å². The molecular weight excluding hydrogens is 174 g/mol. The molecule has 0 aromatic heterocycles. The molecule has 0 aromatic carbocycles. The standard InChI is InChI=1S/C12H25NO/c1-10(13-4)6-5-7-11-8-9-12(2,3)14-11/h10-11,13H,5-9H2,1-4H3. The summed E-state index contributed by atoms with van der Waals surface area (Å²) in [6.45, 7) is 6.63. The van der Waals surface area contributed by atoms with Gasteiger partial charge in [0, 0.05) is 6.04 Å². The average molecular weight is 199 g/mol. The molecule has 1 N–H and O–H groups in total. The van der Waals surface area contributed by atoms with Gasteiger partial charge < -0.3 is 10.1 Å². The first-order valence-electron chi connectivity index (χ1n) is 5.88. The highest BCUT2D eigenvalue weighted by Gasteiger charge is 2.30. The van der Waals surface area contributed by atoms with E-state index >= 15 is 0 Å². The lowest BCUT2D eigenvalue weighted by Gasteiger charge is -2.19. The molecule has 0 bridgehead atoms. The Labute approximate surface area is 88.4 Å². The molecule has 0 aliphatic carbocycles. The predicted molar refractivity (Wildman–Crippen MR) is 60.6 cm³/mol. The maximum Gasteiger partial charge on any atom is 0.0631 e. The smallest absolute Gasteiger partial charge is 0.0631 e. The van der Waals surface area contributed by atoms with Gasteiger partial charge in [0.25, 0.3) is 0 Å². The summed E-state index contributed by atoms with van der Waals surface area (Å²) < 4.78 is 5.94. The van der Waals surface area contributed by atoms with E-state index in [2.05, 4.69) is 26.1 Å². The van der Waals surface area contributed by atoms with E-state index in [0.717, 1.165) is 0 Å². The molecule has 1 fully saturated rings. The molecule has 1 rings (SSSR count). The molecule has 1 heterocycles. The molecule has 2 nitrogen and oxygen atoms in total. The zero-order valence-corrected chi connectivity index (χ0v) is 10.1. The molecule has 0 aromatic rings. The van der Waals surface area contributed by atoms with Crippen LogP contribution in [0.3, 0.4) is 0 Å². The summed E-state index contributed by atoms with van der Waals surface area (Å²) in [5.74, 6) is 0. The van der Waals surface area contributed by atoms with Gasteiger partial charge in [-0.05, 0) is 59.9 Å². The molecule has 0 amide bonds. The van der Waals surface area contributed by atoms with Crippen LogP contribution in [-0.4, -0.2) is 24.8 Å². The van der Waals surface area contributed by atoms with E-state index in [1.165, 1.54) is 32.1 Å². The summed E-state index contributed by atoms with van der Waals surface area (Å²) in [7, 11) is 2.03. The van der Waals surface area contributed by atoms with Crippen molar-refractivity contribution in [3.63, 3.8) is 0 Å². The first-order chi connectivity index (χ1) is 6.53. The fraction of sp³-hybridized carbons (Fsp3) is 1.00. The van der Waals surface area contributed by atoms with E-state index in [1.54, 1.807) is 0 Å². The minimum atomic E-state index is 0.138. The zero-order valence-electron chi connectivity index (χ0n) is 10.1. The third kappa shape index (κ3) is 3.97.